The van der Waals surface area contributed by atoms with Crippen LogP contribution in [0, 0.1) is 17.9 Å². The number of fused-ring (bicyclic) bond motifs is 2. The first-order valence-electron chi connectivity index (χ1n) is 10.9. The van der Waals surface area contributed by atoms with E-state index in [4.69, 9.17) is 6.57 Å². The molecule has 0 amide bonds. The zero-order chi connectivity index (χ0) is 25.9. The number of hydrogen-bond donors (Lipinski definition) is 0. The highest BCUT2D eigenvalue weighted by molar-refractivity contribution is 7.96. The van der Waals surface area contributed by atoms with Crippen molar-refractivity contribution in [2.75, 3.05) is 17.2 Å². The van der Waals surface area contributed by atoms with E-state index in [0.29, 0.717) is 18.5 Å². The summed E-state index contributed by atoms with van der Waals surface area (Å²) in [5.41, 5.74) is 2.96. The molecule has 10 heteroatoms. The average Bonchev–Trinajstić information content (AvgIpc) is 3.30. The molecule has 0 N–H and O–H groups in total. The molecule has 2 heterocycles. The Bertz CT molecular complexity index is 1640. The fourth-order valence-corrected chi connectivity index (χ4v) is 6.51. The molecule has 0 aliphatic carbocycles. The molecular formula is C26H20N3O5S2-. The van der Waals surface area contributed by atoms with E-state index in [1.165, 1.54) is 18.2 Å². The maximum absolute atomic E-state index is 13.1. The number of rotatable bonds is 6. The first-order chi connectivity index (χ1) is 17.2. The van der Waals surface area contributed by atoms with Crippen LogP contribution < -0.4 is 4.90 Å². The maximum Gasteiger partial charge on any atom is 0.270 e. The fourth-order valence-electron chi connectivity index (χ4n) is 4.34. The summed E-state index contributed by atoms with van der Waals surface area (Å²) < 4.78 is 59.3. The summed E-state index contributed by atoms with van der Waals surface area (Å²) in [7, 11) is -8.22. The van der Waals surface area contributed by atoms with Gasteiger partial charge in [0.05, 0.1) is 32.6 Å². The van der Waals surface area contributed by atoms with Gasteiger partial charge in [-0.3, -0.25) is 0 Å². The molecule has 0 saturated heterocycles. The summed E-state index contributed by atoms with van der Waals surface area (Å²) in [6.45, 7) is 7.66. The fraction of sp³-hybridized carbons (Fsp3) is 0.154. The second-order valence-corrected chi connectivity index (χ2v) is 11.5. The molecule has 2 aliphatic rings. The summed E-state index contributed by atoms with van der Waals surface area (Å²) in [5, 5.41) is 9.42. The van der Waals surface area contributed by atoms with Crippen LogP contribution in [0.4, 0.5) is 5.69 Å². The van der Waals surface area contributed by atoms with Crippen LogP contribution >= 0.6 is 0 Å². The van der Waals surface area contributed by atoms with Crippen molar-refractivity contribution in [1.82, 2.24) is 0 Å². The third-order valence-electron chi connectivity index (χ3n) is 5.86. The van der Waals surface area contributed by atoms with Crippen molar-refractivity contribution in [3.63, 3.8) is 0 Å². The Morgan fingerprint density at radius 3 is 2.56 bits per heavy atom. The van der Waals surface area contributed by atoms with Gasteiger partial charge in [-0.1, -0.05) is 48.6 Å². The van der Waals surface area contributed by atoms with Gasteiger partial charge in [-0.2, -0.15) is 0 Å². The van der Waals surface area contributed by atoms with Crippen molar-refractivity contribution in [3.8, 4) is 6.07 Å². The number of anilines is 1. The largest absolute Gasteiger partial charge is 0.748 e. The van der Waals surface area contributed by atoms with Crippen LogP contribution in [0.3, 0.4) is 0 Å². The van der Waals surface area contributed by atoms with Gasteiger partial charge in [0.1, 0.15) is 0 Å². The predicted octanol–water partition coefficient (Wildman–Crippen LogP) is 3.95. The van der Waals surface area contributed by atoms with Gasteiger partial charge in [-0.05, 0) is 41.8 Å². The Balaban J connectivity index is 1.67. The van der Waals surface area contributed by atoms with E-state index in [1.54, 1.807) is 36.4 Å². The second-order valence-electron chi connectivity index (χ2n) is 8.09. The van der Waals surface area contributed by atoms with Crippen LogP contribution in [0.5, 0.6) is 0 Å². The molecule has 0 aromatic heterocycles. The van der Waals surface area contributed by atoms with Gasteiger partial charge in [0.25, 0.3) is 5.70 Å². The van der Waals surface area contributed by atoms with E-state index < -0.39 is 25.7 Å². The number of allylic oxidation sites excluding steroid dienone is 7. The quantitative estimate of drug-likeness (QED) is 0.322. The molecule has 4 rings (SSSR count). The van der Waals surface area contributed by atoms with Crippen LogP contribution in [0.15, 0.2) is 94.0 Å². The standard InChI is InChI=1S/C26H21N3O5S2/c1-28-22(18-27)26-21-11-4-7-13-24(21)36(33,34)25(26)14-6-3-10-20-17-19-9-2-5-12-23(19)29(20)15-8-16-35(30,31)32/h2-7,9-14H,8,15-17H2,(H,30,31,32)/p-1/b6-3+,20-10+,25-14-,26-22+. The Labute approximate surface area is 210 Å². The predicted molar refractivity (Wildman–Crippen MR) is 135 cm³/mol. The molecule has 0 saturated carbocycles. The normalized spacial score (nSPS) is 19.8. The summed E-state index contributed by atoms with van der Waals surface area (Å²) in [6.07, 6.45) is 7.12. The van der Waals surface area contributed by atoms with Crippen molar-refractivity contribution in [2.24, 2.45) is 0 Å². The van der Waals surface area contributed by atoms with Gasteiger partial charge in [0, 0.05) is 35.7 Å². The molecule has 0 atom stereocenters. The smallest absolute Gasteiger partial charge is 0.270 e. The first-order valence-corrected chi connectivity index (χ1v) is 14.0. The lowest BCUT2D eigenvalue weighted by Gasteiger charge is -2.21. The SMILES string of the molecule is [C-]#[N+]/C(C#N)=C1/C(=C/C=C/C=C2\Cc3ccccc3N2CCCS(=O)(=O)[O-])S(=O)(=O)c2ccccc21. The molecule has 36 heavy (non-hydrogen) atoms. The molecule has 0 fully saturated rings. The van der Waals surface area contributed by atoms with E-state index >= 15 is 0 Å². The Morgan fingerprint density at radius 1 is 1.14 bits per heavy atom. The number of nitriles is 1. The molecule has 0 unspecified atom stereocenters. The molecule has 2 aromatic carbocycles. The number of hydrogen-bond acceptors (Lipinski definition) is 7. The van der Waals surface area contributed by atoms with E-state index in [9.17, 15) is 26.7 Å². The van der Waals surface area contributed by atoms with E-state index in [-0.39, 0.29) is 27.5 Å². The minimum atomic E-state index is -4.31. The molecule has 8 nitrogen and oxygen atoms in total. The summed E-state index contributed by atoms with van der Waals surface area (Å²) >= 11 is 0. The number of para-hydroxylation sites is 1. The number of sulfone groups is 1. The van der Waals surface area contributed by atoms with Crippen LogP contribution in [-0.2, 0) is 26.4 Å². The van der Waals surface area contributed by atoms with Crippen LogP contribution in [0.25, 0.3) is 10.4 Å². The minimum absolute atomic E-state index is 0.0557. The zero-order valence-corrected chi connectivity index (χ0v) is 20.6. The minimum Gasteiger partial charge on any atom is -0.748 e. The average molecular weight is 519 g/mol. The highest BCUT2D eigenvalue weighted by Gasteiger charge is 2.37. The van der Waals surface area contributed by atoms with Crippen LogP contribution in [-0.4, -0.2) is 33.7 Å². The third-order valence-corrected chi connectivity index (χ3v) is 8.50. The van der Waals surface area contributed by atoms with Gasteiger partial charge in [0.2, 0.25) is 9.84 Å². The second kappa shape index (κ2) is 9.96. The Kier molecular flexibility index (Phi) is 6.95. The molecular weight excluding hydrogens is 498 g/mol. The molecule has 2 aliphatic heterocycles. The molecule has 2 aromatic rings. The molecule has 0 spiro atoms. The van der Waals surface area contributed by atoms with Gasteiger partial charge in [-0.25, -0.2) is 26.9 Å². The van der Waals surface area contributed by atoms with Gasteiger partial charge in [0.15, 0.2) is 0 Å². The lowest BCUT2D eigenvalue weighted by Crippen LogP contribution is -2.22. The molecule has 182 valence electrons. The summed E-state index contributed by atoms with van der Waals surface area (Å²) in [4.78, 5) is 5.11. The summed E-state index contributed by atoms with van der Waals surface area (Å²) in [5.74, 6) is -0.462. The van der Waals surface area contributed by atoms with Crippen molar-refractivity contribution in [3.05, 3.63) is 112 Å². The zero-order valence-electron chi connectivity index (χ0n) is 19.0. The topological polar surface area (TPSA) is 123 Å². The summed E-state index contributed by atoms with van der Waals surface area (Å²) in [6, 6.07) is 15.7. The van der Waals surface area contributed by atoms with Crippen molar-refractivity contribution in [2.45, 2.75) is 17.7 Å². The first kappa shape index (κ1) is 25.1. The maximum atomic E-state index is 13.1. The van der Waals surface area contributed by atoms with Gasteiger partial charge >= 0.3 is 0 Å². The van der Waals surface area contributed by atoms with E-state index in [0.717, 1.165) is 16.9 Å². The Morgan fingerprint density at radius 2 is 1.83 bits per heavy atom. The Hall–Kier alpha value is -3.96. The lowest BCUT2D eigenvalue weighted by molar-refractivity contribution is 0.461. The van der Waals surface area contributed by atoms with E-state index in [1.807, 2.05) is 29.2 Å². The van der Waals surface area contributed by atoms with Gasteiger partial charge in [-0.15, -0.1) is 0 Å². The number of nitrogens with zero attached hydrogens (tertiary/aromatic N) is 3. The third kappa shape index (κ3) is 4.88. The number of benzene rings is 2. The lowest BCUT2D eigenvalue weighted by atomic mass is 10.0. The van der Waals surface area contributed by atoms with Gasteiger partial charge < -0.3 is 9.45 Å². The highest BCUT2D eigenvalue weighted by atomic mass is 32.2. The molecule has 0 bridgehead atoms. The van der Waals surface area contributed by atoms with Crippen molar-refractivity contribution >= 4 is 31.2 Å². The monoisotopic (exact) mass is 518 g/mol. The van der Waals surface area contributed by atoms with E-state index in [2.05, 4.69) is 4.85 Å². The van der Waals surface area contributed by atoms with Crippen molar-refractivity contribution in [1.29, 1.82) is 5.26 Å². The highest BCUT2D eigenvalue weighted by Crippen LogP contribution is 2.44. The van der Waals surface area contributed by atoms with Crippen molar-refractivity contribution < 1.29 is 21.4 Å². The van der Waals surface area contributed by atoms with Crippen LogP contribution in [0.1, 0.15) is 17.5 Å². The molecule has 0 radical (unpaired) electrons. The van der Waals surface area contributed by atoms with Crippen LogP contribution in [0.2, 0.25) is 0 Å².